The van der Waals surface area contributed by atoms with Crippen molar-refractivity contribution in [2.75, 3.05) is 20.1 Å². The van der Waals surface area contributed by atoms with Crippen molar-refractivity contribution in [1.82, 2.24) is 4.90 Å². The van der Waals surface area contributed by atoms with Gasteiger partial charge in [-0.1, -0.05) is 37.8 Å². The minimum atomic E-state index is 0.416. The zero-order chi connectivity index (χ0) is 12.7. The predicted molar refractivity (Wildman–Crippen MR) is 73.5 cm³/mol. The third kappa shape index (κ3) is 5.53. The predicted octanol–water partition coefficient (Wildman–Crippen LogP) is 2.08. The SMILES string of the molecule is CC(C)CN(C)Cc1ccc(C#CCN)cc1. The van der Waals surface area contributed by atoms with Crippen LogP contribution < -0.4 is 5.73 Å². The topological polar surface area (TPSA) is 29.3 Å². The first-order chi connectivity index (χ1) is 8.11. The maximum atomic E-state index is 5.34. The van der Waals surface area contributed by atoms with Crippen LogP contribution in [0.15, 0.2) is 24.3 Å². The summed E-state index contributed by atoms with van der Waals surface area (Å²) >= 11 is 0. The van der Waals surface area contributed by atoms with E-state index in [4.69, 9.17) is 5.73 Å². The zero-order valence-electron chi connectivity index (χ0n) is 11.0. The summed E-state index contributed by atoms with van der Waals surface area (Å²) in [6, 6.07) is 8.39. The monoisotopic (exact) mass is 230 g/mol. The van der Waals surface area contributed by atoms with E-state index in [9.17, 15) is 0 Å². The molecule has 0 aromatic heterocycles. The molecule has 0 aliphatic heterocycles. The smallest absolute Gasteiger partial charge is 0.0555 e. The Labute approximate surface area is 105 Å². The van der Waals surface area contributed by atoms with Gasteiger partial charge in [-0.25, -0.2) is 0 Å². The summed E-state index contributed by atoms with van der Waals surface area (Å²) in [6.07, 6.45) is 0. The minimum Gasteiger partial charge on any atom is -0.320 e. The highest BCUT2D eigenvalue weighted by Crippen LogP contribution is 2.07. The number of hydrogen-bond acceptors (Lipinski definition) is 2. The van der Waals surface area contributed by atoms with Gasteiger partial charge in [-0.3, -0.25) is 0 Å². The van der Waals surface area contributed by atoms with Gasteiger partial charge in [-0.05, 0) is 30.7 Å². The van der Waals surface area contributed by atoms with Gasteiger partial charge in [0.2, 0.25) is 0 Å². The average molecular weight is 230 g/mol. The first kappa shape index (κ1) is 13.8. The number of hydrogen-bond donors (Lipinski definition) is 1. The highest BCUT2D eigenvalue weighted by atomic mass is 15.1. The minimum absolute atomic E-state index is 0.416. The Morgan fingerprint density at radius 2 is 1.88 bits per heavy atom. The Hall–Kier alpha value is -1.30. The van der Waals surface area contributed by atoms with Crippen molar-refractivity contribution < 1.29 is 0 Å². The van der Waals surface area contributed by atoms with Crippen molar-refractivity contribution >= 4 is 0 Å². The van der Waals surface area contributed by atoms with Gasteiger partial charge >= 0.3 is 0 Å². The molecule has 0 spiro atoms. The van der Waals surface area contributed by atoms with Gasteiger partial charge in [0.1, 0.15) is 0 Å². The van der Waals surface area contributed by atoms with E-state index in [0.717, 1.165) is 18.7 Å². The van der Waals surface area contributed by atoms with E-state index in [1.54, 1.807) is 0 Å². The summed E-state index contributed by atoms with van der Waals surface area (Å²) in [5, 5.41) is 0. The summed E-state index contributed by atoms with van der Waals surface area (Å²) in [5.74, 6) is 6.59. The lowest BCUT2D eigenvalue weighted by molar-refractivity contribution is 0.288. The molecule has 2 N–H and O–H groups in total. The van der Waals surface area contributed by atoms with Gasteiger partial charge in [0.05, 0.1) is 6.54 Å². The molecular formula is C15H22N2. The normalized spacial score (nSPS) is 10.5. The van der Waals surface area contributed by atoms with E-state index in [2.05, 4.69) is 61.9 Å². The Morgan fingerprint density at radius 1 is 1.24 bits per heavy atom. The van der Waals surface area contributed by atoms with Crippen LogP contribution in [-0.4, -0.2) is 25.0 Å². The standard InChI is InChI=1S/C15H22N2/c1-13(2)11-17(3)12-15-8-6-14(7-9-15)5-4-10-16/h6-9,13H,10-12,16H2,1-3H3. The maximum Gasteiger partial charge on any atom is 0.0555 e. The van der Waals surface area contributed by atoms with E-state index >= 15 is 0 Å². The van der Waals surface area contributed by atoms with Gasteiger partial charge in [0.15, 0.2) is 0 Å². The number of nitrogens with zero attached hydrogens (tertiary/aromatic N) is 1. The van der Waals surface area contributed by atoms with Crippen LogP contribution in [0.5, 0.6) is 0 Å². The third-order valence-corrected chi connectivity index (χ3v) is 2.42. The molecule has 0 saturated heterocycles. The molecule has 0 heterocycles. The van der Waals surface area contributed by atoms with Crippen LogP contribution >= 0.6 is 0 Å². The molecule has 0 fully saturated rings. The number of rotatable bonds is 4. The second-order valence-electron chi connectivity index (χ2n) is 4.79. The molecule has 0 aliphatic carbocycles. The summed E-state index contributed by atoms with van der Waals surface area (Å²) in [4.78, 5) is 2.34. The molecule has 0 bridgehead atoms. The van der Waals surface area contributed by atoms with Crippen LogP contribution in [0, 0.1) is 17.8 Å². The van der Waals surface area contributed by atoms with E-state index in [-0.39, 0.29) is 0 Å². The molecule has 0 saturated carbocycles. The summed E-state index contributed by atoms with van der Waals surface area (Å²) in [7, 11) is 2.15. The highest BCUT2D eigenvalue weighted by molar-refractivity contribution is 5.36. The van der Waals surface area contributed by atoms with Gasteiger partial charge < -0.3 is 10.6 Å². The molecule has 0 unspecified atom stereocenters. The Balaban J connectivity index is 2.56. The average Bonchev–Trinajstić information content (AvgIpc) is 2.27. The third-order valence-electron chi connectivity index (χ3n) is 2.42. The van der Waals surface area contributed by atoms with Crippen LogP contribution in [0.1, 0.15) is 25.0 Å². The molecular weight excluding hydrogens is 208 g/mol. The summed E-state index contributed by atoms with van der Waals surface area (Å²) in [6.45, 7) is 7.00. The molecule has 1 rings (SSSR count). The molecule has 0 radical (unpaired) electrons. The van der Waals surface area contributed by atoms with E-state index in [1.807, 2.05) is 0 Å². The van der Waals surface area contributed by atoms with Crippen LogP contribution in [0.25, 0.3) is 0 Å². The quantitative estimate of drug-likeness (QED) is 0.803. The van der Waals surface area contributed by atoms with Crippen molar-refractivity contribution in [2.45, 2.75) is 20.4 Å². The fourth-order valence-electron chi connectivity index (χ4n) is 1.85. The lowest BCUT2D eigenvalue weighted by Gasteiger charge is -2.18. The molecule has 1 aromatic rings. The van der Waals surface area contributed by atoms with Crippen molar-refractivity contribution in [2.24, 2.45) is 11.7 Å². The van der Waals surface area contributed by atoms with Crippen LogP contribution in [0.2, 0.25) is 0 Å². The molecule has 2 nitrogen and oxygen atoms in total. The van der Waals surface area contributed by atoms with Crippen LogP contribution in [-0.2, 0) is 6.54 Å². The van der Waals surface area contributed by atoms with E-state index < -0.39 is 0 Å². The Bertz CT molecular complexity index is 382. The maximum absolute atomic E-state index is 5.34. The second kappa shape index (κ2) is 7.11. The Morgan fingerprint density at radius 3 is 2.41 bits per heavy atom. The van der Waals surface area contributed by atoms with Crippen LogP contribution in [0.3, 0.4) is 0 Å². The van der Waals surface area contributed by atoms with Crippen molar-refractivity contribution in [3.63, 3.8) is 0 Å². The Kier molecular flexibility index (Phi) is 5.76. The van der Waals surface area contributed by atoms with Crippen molar-refractivity contribution in [3.05, 3.63) is 35.4 Å². The van der Waals surface area contributed by atoms with Gasteiger partial charge in [0, 0.05) is 18.7 Å². The second-order valence-corrected chi connectivity index (χ2v) is 4.79. The van der Waals surface area contributed by atoms with E-state index in [0.29, 0.717) is 12.5 Å². The molecule has 0 atom stereocenters. The zero-order valence-corrected chi connectivity index (χ0v) is 11.0. The lowest BCUT2D eigenvalue weighted by atomic mass is 10.1. The molecule has 2 heteroatoms. The summed E-state index contributed by atoms with van der Waals surface area (Å²) < 4.78 is 0. The summed E-state index contributed by atoms with van der Waals surface area (Å²) in [5.41, 5.74) is 7.70. The lowest BCUT2D eigenvalue weighted by Crippen LogP contribution is -2.22. The van der Waals surface area contributed by atoms with Gasteiger partial charge in [-0.2, -0.15) is 0 Å². The molecule has 0 amide bonds. The molecule has 0 aliphatic rings. The van der Waals surface area contributed by atoms with Crippen molar-refractivity contribution in [1.29, 1.82) is 0 Å². The van der Waals surface area contributed by atoms with Crippen LogP contribution in [0.4, 0.5) is 0 Å². The first-order valence-electron chi connectivity index (χ1n) is 6.08. The van der Waals surface area contributed by atoms with E-state index in [1.165, 1.54) is 5.56 Å². The highest BCUT2D eigenvalue weighted by Gasteiger charge is 2.02. The van der Waals surface area contributed by atoms with Gasteiger partial charge in [0.25, 0.3) is 0 Å². The molecule has 92 valence electrons. The van der Waals surface area contributed by atoms with Crippen molar-refractivity contribution in [3.8, 4) is 11.8 Å². The molecule has 17 heavy (non-hydrogen) atoms. The largest absolute Gasteiger partial charge is 0.320 e. The number of benzene rings is 1. The fourth-order valence-corrected chi connectivity index (χ4v) is 1.85. The number of nitrogens with two attached hydrogens (primary N) is 1. The molecule has 1 aromatic carbocycles. The first-order valence-corrected chi connectivity index (χ1v) is 6.08. The van der Waals surface area contributed by atoms with Gasteiger partial charge in [-0.15, -0.1) is 0 Å². The fraction of sp³-hybridized carbons (Fsp3) is 0.467.